The number of amides is 1. The average Bonchev–Trinajstić information content (AvgIpc) is 3.10. The Labute approximate surface area is 160 Å². The van der Waals surface area contributed by atoms with E-state index in [1.165, 1.54) is 18.2 Å². The van der Waals surface area contributed by atoms with Gasteiger partial charge in [0.2, 0.25) is 6.10 Å². The SMILES string of the molecule is Cc1cc(NC(=O)C(OC(=O)/C=C/c2ccccc2F)c2ccccc2)no1. The van der Waals surface area contributed by atoms with Gasteiger partial charge in [-0.15, -0.1) is 0 Å². The highest BCUT2D eigenvalue weighted by Gasteiger charge is 2.25. The highest BCUT2D eigenvalue weighted by molar-refractivity contribution is 5.97. The van der Waals surface area contributed by atoms with Gasteiger partial charge in [-0.05, 0) is 19.1 Å². The molecule has 0 bridgehead atoms. The first kappa shape index (κ1) is 19.0. The van der Waals surface area contributed by atoms with Gasteiger partial charge in [0.05, 0.1) is 0 Å². The zero-order valence-corrected chi connectivity index (χ0v) is 15.0. The smallest absolute Gasteiger partial charge is 0.331 e. The molecule has 3 rings (SSSR count). The number of esters is 1. The third-order valence-electron chi connectivity index (χ3n) is 3.76. The van der Waals surface area contributed by atoms with Crippen molar-refractivity contribution in [3.8, 4) is 0 Å². The molecule has 1 heterocycles. The van der Waals surface area contributed by atoms with Crippen molar-refractivity contribution in [3.63, 3.8) is 0 Å². The van der Waals surface area contributed by atoms with Crippen LogP contribution in [0, 0.1) is 12.7 Å². The summed E-state index contributed by atoms with van der Waals surface area (Å²) in [4.78, 5) is 24.9. The molecule has 0 spiro atoms. The lowest BCUT2D eigenvalue weighted by Crippen LogP contribution is -2.25. The predicted octanol–water partition coefficient (Wildman–Crippen LogP) is 4.06. The normalized spacial score (nSPS) is 11.9. The Bertz CT molecular complexity index is 998. The predicted molar refractivity (Wildman–Crippen MR) is 101 cm³/mol. The van der Waals surface area contributed by atoms with Gasteiger partial charge in [-0.25, -0.2) is 9.18 Å². The van der Waals surface area contributed by atoms with Crippen LogP contribution in [-0.4, -0.2) is 17.0 Å². The lowest BCUT2D eigenvalue weighted by molar-refractivity contribution is -0.149. The summed E-state index contributed by atoms with van der Waals surface area (Å²) in [7, 11) is 0. The van der Waals surface area contributed by atoms with Crippen LogP contribution in [-0.2, 0) is 14.3 Å². The van der Waals surface area contributed by atoms with Crippen molar-refractivity contribution in [2.45, 2.75) is 13.0 Å². The molecule has 0 saturated heterocycles. The maximum Gasteiger partial charge on any atom is 0.331 e. The van der Waals surface area contributed by atoms with E-state index in [1.807, 2.05) is 0 Å². The van der Waals surface area contributed by atoms with Gasteiger partial charge >= 0.3 is 5.97 Å². The monoisotopic (exact) mass is 380 g/mol. The molecule has 3 aromatic rings. The molecule has 0 radical (unpaired) electrons. The number of benzene rings is 2. The number of nitrogens with zero attached hydrogens (tertiary/aromatic N) is 1. The quantitative estimate of drug-likeness (QED) is 0.515. The summed E-state index contributed by atoms with van der Waals surface area (Å²) in [5, 5.41) is 6.24. The number of rotatable bonds is 6. The summed E-state index contributed by atoms with van der Waals surface area (Å²) in [5.74, 6) is -1.11. The minimum atomic E-state index is -1.21. The molecule has 1 unspecified atom stereocenters. The van der Waals surface area contributed by atoms with E-state index < -0.39 is 23.8 Å². The van der Waals surface area contributed by atoms with Crippen molar-refractivity contribution in [3.05, 3.63) is 89.4 Å². The van der Waals surface area contributed by atoms with Gasteiger partial charge < -0.3 is 14.6 Å². The van der Waals surface area contributed by atoms with E-state index in [1.54, 1.807) is 55.5 Å². The topological polar surface area (TPSA) is 81.4 Å². The van der Waals surface area contributed by atoms with Gasteiger partial charge in [0, 0.05) is 23.3 Å². The van der Waals surface area contributed by atoms with E-state index in [-0.39, 0.29) is 11.4 Å². The van der Waals surface area contributed by atoms with Crippen LogP contribution in [0.1, 0.15) is 23.0 Å². The first-order valence-corrected chi connectivity index (χ1v) is 8.45. The van der Waals surface area contributed by atoms with Crippen LogP contribution in [0.4, 0.5) is 10.2 Å². The van der Waals surface area contributed by atoms with Crippen molar-refractivity contribution in [2.75, 3.05) is 5.32 Å². The zero-order chi connectivity index (χ0) is 19.9. The lowest BCUT2D eigenvalue weighted by atomic mass is 10.1. The van der Waals surface area contributed by atoms with Crippen LogP contribution in [0.25, 0.3) is 6.08 Å². The maximum absolute atomic E-state index is 13.7. The van der Waals surface area contributed by atoms with Gasteiger partial charge in [-0.3, -0.25) is 4.79 Å². The van der Waals surface area contributed by atoms with E-state index in [0.29, 0.717) is 11.3 Å². The summed E-state index contributed by atoms with van der Waals surface area (Å²) >= 11 is 0. The first-order chi connectivity index (χ1) is 13.5. The number of hydrogen-bond acceptors (Lipinski definition) is 5. The molecule has 1 atom stereocenters. The summed E-state index contributed by atoms with van der Waals surface area (Å²) in [6.07, 6.45) is 1.15. The molecule has 1 amide bonds. The van der Waals surface area contributed by atoms with Gasteiger partial charge in [0.1, 0.15) is 11.6 Å². The highest BCUT2D eigenvalue weighted by Crippen LogP contribution is 2.21. The van der Waals surface area contributed by atoms with Crippen molar-refractivity contribution >= 4 is 23.8 Å². The molecule has 7 heteroatoms. The molecule has 0 fully saturated rings. The summed E-state index contributed by atoms with van der Waals surface area (Å²) in [6, 6.07) is 16.1. The van der Waals surface area contributed by atoms with Gasteiger partial charge in [-0.2, -0.15) is 0 Å². The third kappa shape index (κ3) is 4.91. The maximum atomic E-state index is 13.7. The second kappa shape index (κ2) is 8.77. The van der Waals surface area contributed by atoms with Crippen LogP contribution in [0.2, 0.25) is 0 Å². The van der Waals surface area contributed by atoms with E-state index in [0.717, 1.165) is 6.08 Å². The molecule has 2 aromatic carbocycles. The third-order valence-corrected chi connectivity index (χ3v) is 3.76. The standard InChI is InChI=1S/C21H17FN2O4/c1-14-13-18(24-28-14)23-21(26)20(16-8-3-2-4-9-16)27-19(25)12-11-15-7-5-6-10-17(15)22/h2-13,20H,1H3,(H,23,24,26)/b12-11+. The number of carbonyl (C=O) groups is 2. The molecular weight excluding hydrogens is 363 g/mol. The molecule has 0 aliphatic rings. The highest BCUT2D eigenvalue weighted by atomic mass is 19.1. The van der Waals surface area contributed by atoms with Crippen LogP contribution < -0.4 is 5.32 Å². The number of halogens is 1. The Morgan fingerprint density at radius 2 is 1.86 bits per heavy atom. The summed E-state index contributed by atoms with van der Waals surface area (Å²) in [6.45, 7) is 1.69. The fourth-order valence-electron chi connectivity index (χ4n) is 2.44. The van der Waals surface area contributed by atoms with Crippen molar-refractivity contribution in [2.24, 2.45) is 0 Å². The lowest BCUT2D eigenvalue weighted by Gasteiger charge is -2.16. The van der Waals surface area contributed by atoms with Crippen LogP contribution in [0.15, 0.2) is 71.3 Å². The van der Waals surface area contributed by atoms with Crippen molar-refractivity contribution < 1.29 is 23.2 Å². The number of hydrogen-bond donors (Lipinski definition) is 1. The molecule has 28 heavy (non-hydrogen) atoms. The van der Waals surface area contributed by atoms with E-state index in [9.17, 15) is 14.0 Å². The molecule has 1 aromatic heterocycles. The number of anilines is 1. The van der Waals surface area contributed by atoms with Gasteiger partial charge in [0.25, 0.3) is 5.91 Å². The Hall–Kier alpha value is -3.74. The number of nitrogens with one attached hydrogen (secondary N) is 1. The number of ether oxygens (including phenoxy) is 1. The molecule has 6 nitrogen and oxygen atoms in total. The zero-order valence-electron chi connectivity index (χ0n) is 15.0. The summed E-state index contributed by atoms with van der Waals surface area (Å²) < 4.78 is 23.9. The minimum Gasteiger partial charge on any atom is -0.444 e. The Morgan fingerprint density at radius 3 is 2.54 bits per heavy atom. The second-order valence-electron chi connectivity index (χ2n) is 5.89. The first-order valence-electron chi connectivity index (χ1n) is 8.45. The molecule has 142 valence electrons. The number of carbonyl (C=O) groups excluding carboxylic acids is 2. The molecule has 0 aliphatic heterocycles. The molecule has 0 aliphatic carbocycles. The number of aromatic nitrogens is 1. The summed E-state index contributed by atoms with van der Waals surface area (Å²) in [5.41, 5.74) is 0.714. The van der Waals surface area contributed by atoms with Gasteiger partial charge in [0.15, 0.2) is 5.82 Å². The molecular formula is C21H17FN2O4. The molecule has 1 N–H and O–H groups in total. The van der Waals surface area contributed by atoms with Gasteiger partial charge in [-0.1, -0.05) is 53.7 Å². The van der Waals surface area contributed by atoms with E-state index >= 15 is 0 Å². The van der Waals surface area contributed by atoms with Crippen LogP contribution in [0.3, 0.4) is 0 Å². The Kier molecular flexibility index (Phi) is 5.96. The average molecular weight is 380 g/mol. The van der Waals surface area contributed by atoms with Crippen molar-refractivity contribution in [1.29, 1.82) is 0 Å². The fourth-order valence-corrected chi connectivity index (χ4v) is 2.44. The van der Waals surface area contributed by atoms with E-state index in [2.05, 4.69) is 10.5 Å². The van der Waals surface area contributed by atoms with E-state index in [4.69, 9.17) is 9.26 Å². The number of aryl methyl sites for hydroxylation is 1. The second-order valence-corrected chi connectivity index (χ2v) is 5.89. The van der Waals surface area contributed by atoms with Crippen molar-refractivity contribution in [1.82, 2.24) is 5.16 Å². The largest absolute Gasteiger partial charge is 0.444 e. The fraction of sp³-hybridized carbons (Fsp3) is 0.0952. The minimum absolute atomic E-state index is 0.210. The van der Waals surface area contributed by atoms with Crippen LogP contribution in [0.5, 0.6) is 0 Å². The Morgan fingerprint density at radius 1 is 1.14 bits per heavy atom. The van der Waals surface area contributed by atoms with Crippen LogP contribution >= 0.6 is 0 Å². The molecule has 0 saturated carbocycles. The Balaban J connectivity index is 1.76.